The number of rotatable bonds is 0. The topological polar surface area (TPSA) is 0 Å². The van der Waals surface area contributed by atoms with Crippen LogP contribution < -0.4 is 0 Å². The Morgan fingerprint density at radius 3 is 2.62 bits per heavy atom. The van der Waals surface area contributed by atoms with E-state index in [4.69, 9.17) is 0 Å². The number of hydrogen-bond donors (Lipinski definition) is 0. The third kappa shape index (κ3) is 1.22. The Bertz CT molecular complexity index is 129. The summed E-state index contributed by atoms with van der Waals surface area (Å²) in [6.07, 6.45) is 8.67. The van der Waals surface area contributed by atoms with Gasteiger partial charge in [-0.25, -0.2) is 0 Å². The van der Waals surface area contributed by atoms with Gasteiger partial charge in [0, 0.05) is 0 Å². The summed E-state index contributed by atoms with van der Waals surface area (Å²) in [6.45, 7) is 4.31. The first-order valence-corrected chi connectivity index (χ1v) is 2.99. The highest BCUT2D eigenvalue weighted by Gasteiger charge is 2.00. The molecule has 0 saturated heterocycles. The first-order valence-electron chi connectivity index (χ1n) is 2.99. The molecule has 0 aliphatic heterocycles. The second-order valence-corrected chi connectivity index (χ2v) is 2.32. The molecule has 0 aromatic rings. The molecule has 0 amide bonds. The van der Waals surface area contributed by atoms with Crippen molar-refractivity contribution in [1.29, 1.82) is 0 Å². The van der Waals surface area contributed by atoms with Gasteiger partial charge >= 0.3 is 0 Å². The van der Waals surface area contributed by atoms with E-state index in [1.165, 1.54) is 5.57 Å². The van der Waals surface area contributed by atoms with Crippen molar-refractivity contribution in [2.45, 2.75) is 13.8 Å². The van der Waals surface area contributed by atoms with Crippen molar-refractivity contribution in [3.8, 4) is 0 Å². The highest BCUT2D eigenvalue weighted by molar-refractivity contribution is 5.25. The predicted molar refractivity (Wildman–Crippen MR) is 36.4 cm³/mol. The molecule has 0 fully saturated rings. The average molecular weight is 107 g/mol. The third-order valence-corrected chi connectivity index (χ3v) is 1.30. The minimum absolute atomic E-state index is 0.639. The first kappa shape index (κ1) is 5.61. The summed E-state index contributed by atoms with van der Waals surface area (Å²) < 4.78 is 0. The second-order valence-electron chi connectivity index (χ2n) is 2.32. The molecule has 0 aromatic heterocycles. The predicted octanol–water partition coefficient (Wildman–Crippen LogP) is 2.34. The molecule has 1 aliphatic carbocycles. The van der Waals surface area contributed by atoms with Crippen LogP contribution in [0, 0.1) is 12.3 Å². The van der Waals surface area contributed by atoms with Crippen LogP contribution in [0.4, 0.5) is 0 Å². The van der Waals surface area contributed by atoms with E-state index in [0.29, 0.717) is 5.92 Å². The summed E-state index contributed by atoms with van der Waals surface area (Å²) in [6, 6.07) is 0. The summed E-state index contributed by atoms with van der Waals surface area (Å²) in [5, 5.41) is 0. The molecular formula is C8H11. The minimum Gasteiger partial charge on any atom is -0.0811 e. The molecule has 1 radical (unpaired) electrons. The van der Waals surface area contributed by atoms with E-state index in [9.17, 15) is 0 Å². The van der Waals surface area contributed by atoms with Gasteiger partial charge in [-0.2, -0.15) is 0 Å². The Kier molecular flexibility index (Phi) is 1.52. The maximum atomic E-state index is 2.25. The summed E-state index contributed by atoms with van der Waals surface area (Å²) in [5.74, 6) is 0.639. The van der Waals surface area contributed by atoms with Gasteiger partial charge in [0.05, 0.1) is 0 Å². The normalized spacial score (nSPS) is 27.8. The zero-order valence-electron chi connectivity index (χ0n) is 5.39. The molecule has 0 unspecified atom stereocenters. The van der Waals surface area contributed by atoms with E-state index in [0.717, 1.165) is 0 Å². The van der Waals surface area contributed by atoms with E-state index >= 15 is 0 Å². The Morgan fingerprint density at radius 2 is 2.25 bits per heavy atom. The van der Waals surface area contributed by atoms with E-state index in [-0.39, 0.29) is 0 Å². The molecule has 43 valence electrons. The molecule has 1 rings (SSSR count). The van der Waals surface area contributed by atoms with Crippen molar-refractivity contribution in [2.75, 3.05) is 0 Å². The van der Waals surface area contributed by atoms with Crippen molar-refractivity contribution in [3.63, 3.8) is 0 Å². The zero-order valence-corrected chi connectivity index (χ0v) is 5.39. The maximum Gasteiger partial charge on any atom is -0.00713 e. The fourth-order valence-corrected chi connectivity index (χ4v) is 0.908. The molecule has 0 aromatic carbocycles. The van der Waals surface area contributed by atoms with E-state index in [1.807, 2.05) is 0 Å². The number of hydrogen-bond acceptors (Lipinski definition) is 0. The van der Waals surface area contributed by atoms with Crippen molar-refractivity contribution < 1.29 is 0 Å². The SMILES string of the molecule is CC1=CC=C[C@@H](C)[CH]1. The highest BCUT2D eigenvalue weighted by atomic mass is 14.1. The lowest BCUT2D eigenvalue weighted by Crippen LogP contribution is -1.94. The fraction of sp³-hybridized carbons (Fsp3) is 0.375. The number of allylic oxidation sites excluding steroid dienone is 4. The fourth-order valence-electron chi connectivity index (χ4n) is 0.908. The first-order chi connectivity index (χ1) is 3.79. The second kappa shape index (κ2) is 2.17. The smallest absolute Gasteiger partial charge is 0.00713 e. The largest absolute Gasteiger partial charge is 0.0811 e. The summed E-state index contributed by atoms with van der Waals surface area (Å²) in [7, 11) is 0. The Morgan fingerprint density at radius 1 is 1.50 bits per heavy atom. The maximum absolute atomic E-state index is 2.25. The molecule has 0 spiro atoms. The van der Waals surface area contributed by atoms with Gasteiger partial charge in [-0.05, 0) is 19.3 Å². The van der Waals surface area contributed by atoms with Crippen LogP contribution in [-0.2, 0) is 0 Å². The van der Waals surface area contributed by atoms with Crippen LogP contribution in [0.5, 0.6) is 0 Å². The highest BCUT2D eigenvalue weighted by Crippen LogP contribution is 2.14. The van der Waals surface area contributed by atoms with Crippen molar-refractivity contribution in [2.24, 2.45) is 5.92 Å². The molecule has 0 heteroatoms. The van der Waals surface area contributed by atoms with Crippen LogP contribution in [-0.4, -0.2) is 0 Å². The van der Waals surface area contributed by atoms with Gasteiger partial charge in [0.15, 0.2) is 0 Å². The van der Waals surface area contributed by atoms with Gasteiger partial charge in [-0.15, -0.1) is 0 Å². The lowest BCUT2D eigenvalue weighted by atomic mass is 9.97. The van der Waals surface area contributed by atoms with Gasteiger partial charge < -0.3 is 0 Å². The van der Waals surface area contributed by atoms with Crippen LogP contribution in [0.1, 0.15) is 13.8 Å². The Hall–Kier alpha value is -0.520. The van der Waals surface area contributed by atoms with Crippen LogP contribution in [0.25, 0.3) is 0 Å². The van der Waals surface area contributed by atoms with Crippen LogP contribution in [0.15, 0.2) is 23.8 Å². The van der Waals surface area contributed by atoms with Gasteiger partial charge in [-0.3, -0.25) is 0 Å². The summed E-state index contributed by atoms with van der Waals surface area (Å²) in [5.41, 5.74) is 1.38. The quantitative estimate of drug-likeness (QED) is 0.445. The molecule has 8 heavy (non-hydrogen) atoms. The molecule has 0 nitrogen and oxygen atoms in total. The summed E-state index contributed by atoms with van der Waals surface area (Å²) >= 11 is 0. The molecule has 0 heterocycles. The Balaban J connectivity index is 2.59. The van der Waals surface area contributed by atoms with Gasteiger partial charge in [0.1, 0.15) is 0 Å². The lowest BCUT2D eigenvalue weighted by molar-refractivity contribution is 0.855. The average Bonchev–Trinajstić information content (AvgIpc) is 1.64. The molecule has 1 aliphatic rings. The minimum atomic E-state index is 0.639. The van der Waals surface area contributed by atoms with Crippen molar-refractivity contribution in [3.05, 3.63) is 30.2 Å². The molecule has 1 atom stereocenters. The Labute approximate surface area is 50.9 Å². The molecular weight excluding hydrogens is 96.1 g/mol. The molecule has 0 N–H and O–H groups in total. The van der Waals surface area contributed by atoms with Crippen molar-refractivity contribution in [1.82, 2.24) is 0 Å². The molecule has 0 saturated carbocycles. The van der Waals surface area contributed by atoms with Gasteiger partial charge in [0.25, 0.3) is 0 Å². The third-order valence-electron chi connectivity index (χ3n) is 1.30. The van der Waals surface area contributed by atoms with Crippen molar-refractivity contribution >= 4 is 0 Å². The molecule has 0 bridgehead atoms. The summed E-state index contributed by atoms with van der Waals surface area (Å²) in [4.78, 5) is 0. The lowest BCUT2D eigenvalue weighted by Gasteiger charge is -2.08. The van der Waals surface area contributed by atoms with E-state index in [2.05, 4.69) is 38.5 Å². The van der Waals surface area contributed by atoms with Crippen LogP contribution in [0.2, 0.25) is 0 Å². The monoisotopic (exact) mass is 107 g/mol. The van der Waals surface area contributed by atoms with E-state index < -0.39 is 0 Å². The standard InChI is InChI=1S/C8H11/c1-7-4-3-5-8(2)6-7/h3-7H,1-2H3/t7-/m1/s1. The van der Waals surface area contributed by atoms with Gasteiger partial charge in [-0.1, -0.05) is 30.7 Å². The van der Waals surface area contributed by atoms with Crippen LogP contribution in [0.3, 0.4) is 0 Å². The zero-order chi connectivity index (χ0) is 5.98. The van der Waals surface area contributed by atoms with Crippen LogP contribution >= 0.6 is 0 Å². The van der Waals surface area contributed by atoms with E-state index in [1.54, 1.807) is 0 Å². The van der Waals surface area contributed by atoms with Gasteiger partial charge in [0.2, 0.25) is 0 Å².